The highest BCUT2D eigenvalue weighted by Crippen LogP contribution is 2.39. The summed E-state index contributed by atoms with van der Waals surface area (Å²) in [6.45, 7) is 0. The Morgan fingerprint density at radius 1 is 1.50 bits per heavy atom. The van der Waals surface area contributed by atoms with Crippen LogP contribution in [0.1, 0.15) is 24.4 Å². The van der Waals surface area contributed by atoms with Crippen molar-refractivity contribution >= 4 is 29.7 Å². The first kappa shape index (κ1) is 15.2. The zero-order valence-corrected chi connectivity index (χ0v) is 11.0. The number of halogens is 2. The van der Waals surface area contributed by atoms with E-state index in [2.05, 4.69) is 0 Å². The molecule has 1 aliphatic carbocycles. The average molecular weight is 293 g/mol. The monoisotopic (exact) mass is 292 g/mol. The third-order valence-corrected chi connectivity index (χ3v) is 3.25. The lowest BCUT2D eigenvalue weighted by Crippen LogP contribution is -2.28. The van der Waals surface area contributed by atoms with Gasteiger partial charge in [-0.1, -0.05) is 11.6 Å². The molecule has 1 saturated carbocycles. The largest absolute Gasteiger partial charge is 0.391 e. The number of nitrogens with zero attached hydrogens (tertiary/aromatic N) is 1. The van der Waals surface area contributed by atoms with Crippen LogP contribution in [0.5, 0.6) is 0 Å². The Bertz CT molecular complexity index is 452. The molecule has 18 heavy (non-hydrogen) atoms. The van der Waals surface area contributed by atoms with Gasteiger partial charge in [-0.3, -0.25) is 10.1 Å². The lowest BCUT2D eigenvalue weighted by Gasteiger charge is -2.18. The minimum atomic E-state index is -0.762. The van der Waals surface area contributed by atoms with Crippen LogP contribution in [0.4, 0.5) is 5.69 Å². The maximum absolute atomic E-state index is 10.9. The molecule has 7 heteroatoms. The Balaban J connectivity index is 0.00000162. The molecule has 0 aliphatic heterocycles. The Hall–Kier alpha value is -0.880. The van der Waals surface area contributed by atoms with Crippen LogP contribution in [0.15, 0.2) is 18.2 Å². The van der Waals surface area contributed by atoms with E-state index in [1.54, 1.807) is 0 Å². The van der Waals surface area contributed by atoms with Crippen molar-refractivity contribution in [3.63, 3.8) is 0 Å². The standard InChI is InChI=1S/C11H13ClN2O3.ClH/c12-7-3-4-9(14(16)17)8(5-7)10(13)11(15)6-1-2-6;/h3-6,10-11,15H,1-2,13H2;1H/t10-,11+;/m0./s1. The van der Waals surface area contributed by atoms with Crippen LogP contribution in [0.2, 0.25) is 5.02 Å². The highest BCUT2D eigenvalue weighted by molar-refractivity contribution is 6.30. The van der Waals surface area contributed by atoms with Gasteiger partial charge in [0.2, 0.25) is 0 Å². The minimum absolute atomic E-state index is 0. The summed E-state index contributed by atoms with van der Waals surface area (Å²) in [6, 6.07) is 3.45. The maximum atomic E-state index is 10.9. The number of nitro benzene ring substituents is 1. The molecule has 0 spiro atoms. The molecule has 3 N–H and O–H groups in total. The van der Waals surface area contributed by atoms with Gasteiger partial charge in [-0.25, -0.2) is 0 Å². The van der Waals surface area contributed by atoms with Crippen LogP contribution < -0.4 is 5.73 Å². The summed E-state index contributed by atoms with van der Waals surface area (Å²) in [5, 5.41) is 21.2. The van der Waals surface area contributed by atoms with Crippen LogP contribution >= 0.6 is 24.0 Å². The summed E-state index contributed by atoms with van der Waals surface area (Å²) in [5.74, 6) is 0.156. The third kappa shape index (κ3) is 3.11. The van der Waals surface area contributed by atoms with Crippen LogP contribution in [-0.4, -0.2) is 16.1 Å². The molecular formula is C11H14Cl2N2O3. The summed E-state index contributed by atoms with van der Waals surface area (Å²) in [4.78, 5) is 10.4. The fourth-order valence-corrected chi connectivity index (χ4v) is 2.05. The van der Waals surface area contributed by atoms with Crippen molar-refractivity contribution in [3.8, 4) is 0 Å². The lowest BCUT2D eigenvalue weighted by molar-refractivity contribution is -0.385. The fraction of sp³-hybridized carbons (Fsp3) is 0.455. The number of nitrogens with two attached hydrogens (primary N) is 1. The molecular weight excluding hydrogens is 279 g/mol. The fourth-order valence-electron chi connectivity index (χ4n) is 1.87. The average Bonchev–Trinajstić information content (AvgIpc) is 3.10. The number of hydrogen-bond donors (Lipinski definition) is 2. The second-order valence-electron chi connectivity index (χ2n) is 4.31. The van der Waals surface area contributed by atoms with Gasteiger partial charge in [-0.2, -0.15) is 0 Å². The summed E-state index contributed by atoms with van der Waals surface area (Å²) < 4.78 is 0. The highest BCUT2D eigenvalue weighted by atomic mass is 35.5. The number of benzene rings is 1. The Labute approximate surface area is 115 Å². The van der Waals surface area contributed by atoms with E-state index in [4.69, 9.17) is 17.3 Å². The lowest BCUT2D eigenvalue weighted by atomic mass is 9.97. The first-order valence-corrected chi connectivity index (χ1v) is 5.76. The topological polar surface area (TPSA) is 89.4 Å². The normalized spacial score (nSPS) is 17.7. The highest BCUT2D eigenvalue weighted by Gasteiger charge is 2.36. The molecule has 0 aromatic heterocycles. The van der Waals surface area contributed by atoms with E-state index < -0.39 is 17.1 Å². The van der Waals surface area contributed by atoms with E-state index in [0.29, 0.717) is 10.6 Å². The number of rotatable bonds is 4. The molecule has 1 aromatic carbocycles. The molecule has 0 saturated heterocycles. The van der Waals surface area contributed by atoms with Crippen LogP contribution in [-0.2, 0) is 0 Å². The van der Waals surface area contributed by atoms with Gasteiger partial charge in [0.1, 0.15) is 0 Å². The molecule has 0 radical (unpaired) electrons. The van der Waals surface area contributed by atoms with E-state index in [1.807, 2.05) is 0 Å². The zero-order chi connectivity index (χ0) is 12.6. The summed E-state index contributed by atoms with van der Waals surface area (Å²) in [5.41, 5.74) is 6.07. The molecule has 0 bridgehead atoms. The summed E-state index contributed by atoms with van der Waals surface area (Å²) in [7, 11) is 0. The van der Waals surface area contributed by atoms with Crippen molar-refractivity contribution in [1.29, 1.82) is 0 Å². The van der Waals surface area contributed by atoms with Gasteiger partial charge in [0.05, 0.1) is 22.6 Å². The molecule has 100 valence electrons. The van der Waals surface area contributed by atoms with Crippen LogP contribution in [0.3, 0.4) is 0 Å². The van der Waals surface area contributed by atoms with Crippen molar-refractivity contribution < 1.29 is 10.0 Å². The van der Waals surface area contributed by atoms with E-state index >= 15 is 0 Å². The SMILES string of the molecule is Cl.N[C@@H](c1cc(Cl)ccc1[N+](=O)[O-])[C@H](O)C1CC1. The van der Waals surface area contributed by atoms with E-state index in [9.17, 15) is 15.2 Å². The predicted octanol–water partition coefficient (Wildman–Crippen LogP) is 2.44. The summed E-state index contributed by atoms with van der Waals surface area (Å²) in [6.07, 6.45) is 1.10. The molecule has 0 amide bonds. The zero-order valence-electron chi connectivity index (χ0n) is 9.45. The molecule has 1 aromatic rings. The Kier molecular flexibility index (Phi) is 4.92. The van der Waals surface area contributed by atoms with Gasteiger partial charge in [-0.15, -0.1) is 12.4 Å². The van der Waals surface area contributed by atoms with E-state index in [-0.39, 0.29) is 24.0 Å². The Morgan fingerprint density at radius 2 is 2.11 bits per heavy atom. The van der Waals surface area contributed by atoms with Crippen molar-refractivity contribution in [1.82, 2.24) is 0 Å². The number of nitro groups is 1. The molecule has 0 unspecified atom stereocenters. The minimum Gasteiger partial charge on any atom is -0.391 e. The second kappa shape index (κ2) is 5.84. The molecule has 2 rings (SSSR count). The van der Waals surface area contributed by atoms with E-state index in [0.717, 1.165) is 12.8 Å². The molecule has 2 atom stereocenters. The smallest absolute Gasteiger partial charge is 0.274 e. The van der Waals surface area contributed by atoms with Gasteiger partial charge in [0, 0.05) is 11.1 Å². The van der Waals surface area contributed by atoms with E-state index in [1.165, 1.54) is 18.2 Å². The van der Waals surface area contributed by atoms with Crippen LogP contribution in [0.25, 0.3) is 0 Å². The van der Waals surface area contributed by atoms with Gasteiger partial charge in [-0.05, 0) is 30.9 Å². The molecule has 5 nitrogen and oxygen atoms in total. The van der Waals surface area contributed by atoms with Crippen LogP contribution in [0, 0.1) is 16.0 Å². The predicted molar refractivity (Wildman–Crippen MR) is 71.0 cm³/mol. The van der Waals surface area contributed by atoms with Crippen molar-refractivity contribution in [2.24, 2.45) is 11.7 Å². The third-order valence-electron chi connectivity index (χ3n) is 3.02. The van der Waals surface area contributed by atoms with Gasteiger partial charge < -0.3 is 10.8 Å². The van der Waals surface area contributed by atoms with Crippen molar-refractivity contribution in [3.05, 3.63) is 38.9 Å². The molecule has 1 fully saturated rings. The first-order valence-electron chi connectivity index (χ1n) is 5.38. The number of hydrogen-bond acceptors (Lipinski definition) is 4. The maximum Gasteiger partial charge on any atom is 0.274 e. The number of aliphatic hydroxyl groups is 1. The second-order valence-corrected chi connectivity index (χ2v) is 4.75. The molecule has 1 aliphatic rings. The van der Waals surface area contributed by atoms with Gasteiger partial charge in [0.25, 0.3) is 5.69 Å². The number of aliphatic hydroxyl groups excluding tert-OH is 1. The molecule has 0 heterocycles. The van der Waals surface area contributed by atoms with Crippen molar-refractivity contribution in [2.75, 3.05) is 0 Å². The quantitative estimate of drug-likeness (QED) is 0.659. The summed E-state index contributed by atoms with van der Waals surface area (Å²) >= 11 is 5.81. The Morgan fingerprint density at radius 3 is 2.61 bits per heavy atom. The van der Waals surface area contributed by atoms with Crippen molar-refractivity contribution in [2.45, 2.75) is 25.0 Å². The van der Waals surface area contributed by atoms with Gasteiger partial charge in [0.15, 0.2) is 0 Å². The first-order chi connectivity index (χ1) is 8.00. The van der Waals surface area contributed by atoms with Gasteiger partial charge >= 0.3 is 0 Å².